The van der Waals surface area contributed by atoms with Crippen LogP contribution in [-0.2, 0) is 12.8 Å². The molecular weight excluding hydrogens is 268 g/mol. The quantitative estimate of drug-likeness (QED) is 0.915. The molecule has 4 rings (SSSR count). The molecule has 2 aromatic rings. The van der Waals surface area contributed by atoms with Gasteiger partial charge in [-0.25, -0.2) is 0 Å². The van der Waals surface area contributed by atoms with Gasteiger partial charge in [0.15, 0.2) is 0 Å². The molecule has 2 heteroatoms. The summed E-state index contributed by atoms with van der Waals surface area (Å²) < 4.78 is 0. The molecule has 0 amide bonds. The Labute approximate surface area is 133 Å². The summed E-state index contributed by atoms with van der Waals surface area (Å²) in [6.45, 7) is 3.49. The largest absolute Gasteiger partial charge is 0.384 e. The van der Waals surface area contributed by atoms with Crippen LogP contribution >= 0.6 is 0 Å². The van der Waals surface area contributed by atoms with Crippen LogP contribution in [0.5, 0.6) is 0 Å². The van der Waals surface area contributed by atoms with Gasteiger partial charge >= 0.3 is 0 Å². The number of hydrogen-bond acceptors (Lipinski definition) is 2. The highest BCUT2D eigenvalue weighted by Gasteiger charge is 2.21. The molecule has 0 spiro atoms. The summed E-state index contributed by atoms with van der Waals surface area (Å²) in [5.41, 5.74) is 5.73. The monoisotopic (exact) mass is 292 g/mol. The molecule has 0 unspecified atom stereocenters. The first-order valence-corrected chi connectivity index (χ1v) is 8.54. The fourth-order valence-electron chi connectivity index (χ4n) is 3.83. The molecule has 2 aliphatic heterocycles. The van der Waals surface area contributed by atoms with Crippen molar-refractivity contribution in [3.8, 4) is 0 Å². The van der Waals surface area contributed by atoms with Crippen molar-refractivity contribution < 1.29 is 0 Å². The Morgan fingerprint density at radius 1 is 1.00 bits per heavy atom. The zero-order valence-corrected chi connectivity index (χ0v) is 13.1. The van der Waals surface area contributed by atoms with E-state index in [2.05, 4.69) is 58.7 Å². The van der Waals surface area contributed by atoms with E-state index < -0.39 is 0 Å². The first-order chi connectivity index (χ1) is 10.9. The molecule has 0 atom stereocenters. The molecule has 0 aromatic heterocycles. The van der Waals surface area contributed by atoms with Gasteiger partial charge in [-0.15, -0.1) is 0 Å². The molecule has 114 valence electrons. The second-order valence-electron chi connectivity index (χ2n) is 6.64. The minimum atomic E-state index is 0.842. The molecule has 2 aromatic carbocycles. The fraction of sp³-hybridized carbons (Fsp3) is 0.400. The van der Waals surface area contributed by atoms with Crippen LogP contribution < -0.4 is 10.2 Å². The Morgan fingerprint density at radius 3 is 2.64 bits per heavy atom. The summed E-state index contributed by atoms with van der Waals surface area (Å²) >= 11 is 0. The minimum Gasteiger partial charge on any atom is -0.384 e. The first-order valence-electron chi connectivity index (χ1n) is 8.54. The fourth-order valence-corrected chi connectivity index (χ4v) is 3.83. The van der Waals surface area contributed by atoms with Crippen molar-refractivity contribution in [1.82, 2.24) is 0 Å². The summed E-state index contributed by atoms with van der Waals surface area (Å²) in [7, 11) is 0. The average Bonchev–Trinajstić information content (AvgIpc) is 3.04. The maximum atomic E-state index is 3.45. The van der Waals surface area contributed by atoms with Crippen molar-refractivity contribution in [2.75, 3.05) is 29.9 Å². The van der Waals surface area contributed by atoms with Crippen LogP contribution in [0.25, 0.3) is 0 Å². The van der Waals surface area contributed by atoms with Crippen LogP contribution in [0.15, 0.2) is 48.5 Å². The lowest BCUT2D eigenvalue weighted by Gasteiger charge is -2.34. The SMILES string of the molecule is c1ccc(CC2CCN(c3ccc4c(c3)CCN4)CC2)cc1. The van der Waals surface area contributed by atoms with Crippen molar-refractivity contribution in [3.63, 3.8) is 0 Å². The van der Waals surface area contributed by atoms with Crippen molar-refractivity contribution in [2.45, 2.75) is 25.7 Å². The van der Waals surface area contributed by atoms with Crippen molar-refractivity contribution in [1.29, 1.82) is 0 Å². The Bertz CT molecular complexity index is 627. The molecule has 22 heavy (non-hydrogen) atoms. The van der Waals surface area contributed by atoms with Crippen LogP contribution in [0.4, 0.5) is 11.4 Å². The van der Waals surface area contributed by atoms with E-state index in [1.807, 2.05) is 0 Å². The maximum Gasteiger partial charge on any atom is 0.0375 e. The first kappa shape index (κ1) is 13.7. The molecule has 1 saturated heterocycles. The number of piperidine rings is 1. The molecule has 0 bridgehead atoms. The van der Waals surface area contributed by atoms with E-state index in [-0.39, 0.29) is 0 Å². The van der Waals surface area contributed by atoms with Gasteiger partial charge in [-0.3, -0.25) is 0 Å². The summed E-state index contributed by atoms with van der Waals surface area (Å²) in [6.07, 6.45) is 5.03. The second-order valence-corrected chi connectivity index (χ2v) is 6.64. The molecular formula is C20H24N2. The lowest BCUT2D eigenvalue weighted by Crippen LogP contribution is -2.34. The number of anilines is 2. The topological polar surface area (TPSA) is 15.3 Å². The van der Waals surface area contributed by atoms with Crippen LogP contribution in [0.3, 0.4) is 0 Å². The second kappa shape index (κ2) is 6.04. The van der Waals surface area contributed by atoms with Crippen molar-refractivity contribution >= 4 is 11.4 Å². The average molecular weight is 292 g/mol. The van der Waals surface area contributed by atoms with Crippen LogP contribution in [0.1, 0.15) is 24.0 Å². The van der Waals surface area contributed by atoms with E-state index in [9.17, 15) is 0 Å². The lowest BCUT2D eigenvalue weighted by molar-refractivity contribution is 0.404. The van der Waals surface area contributed by atoms with Crippen molar-refractivity contribution in [3.05, 3.63) is 59.7 Å². The van der Waals surface area contributed by atoms with Gasteiger partial charge in [0.25, 0.3) is 0 Å². The highest BCUT2D eigenvalue weighted by atomic mass is 15.1. The smallest absolute Gasteiger partial charge is 0.0375 e. The van der Waals surface area contributed by atoms with Gasteiger partial charge in [0.1, 0.15) is 0 Å². The summed E-state index contributed by atoms with van der Waals surface area (Å²) in [6, 6.07) is 17.9. The van der Waals surface area contributed by atoms with Crippen molar-refractivity contribution in [2.24, 2.45) is 5.92 Å². The molecule has 2 aliphatic rings. The zero-order chi connectivity index (χ0) is 14.8. The Kier molecular flexibility index (Phi) is 3.75. The van der Waals surface area contributed by atoms with E-state index in [4.69, 9.17) is 0 Å². The van der Waals surface area contributed by atoms with Gasteiger partial charge in [0, 0.05) is 31.0 Å². The van der Waals surface area contributed by atoms with Gasteiger partial charge in [-0.1, -0.05) is 30.3 Å². The number of hydrogen-bond donors (Lipinski definition) is 1. The number of rotatable bonds is 3. The number of nitrogens with one attached hydrogen (secondary N) is 1. The van der Waals surface area contributed by atoms with E-state index >= 15 is 0 Å². The van der Waals surface area contributed by atoms with Gasteiger partial charge < -0.3 is 10.2 Å². The zero-order valence-electron chi connectivity index (χ0n) is 13.1. The van der Waals surface area contributed by atoms with Gasteiger partial charge in [-0.05, 0) is 60.9 Å². The molecule has 2 heterocycles. The third kappa shape index (κ3) is 2.83. The molecule has 2 nitrogen and oxygen atoms in total. The van der Waals surface area contributed by atoms with E-state index in [1.54, 1.807) is 0 Å². The Hall–Kier alpha value is -1.96. The van der Waals surface area contributed by atoms with Gasteiger partial charge in [0.05, 0.1) is 0 Å². The standard InChI is InChI=1S/C20H24N2/c1-2-4-16(5-3-1)14-17-9-12-22(13-10-17)19-6-7-20-18(15-19)8-11-21-20/h1-7,15,17,21H,8-14H2. The van der Waals surface area contributed by atoms with Crippen LogP contribution in [0, 0.1) is 5.92 Å². The highest BCUT2D eigenvalue weighted by molar-refractivity contribution is 5.63. The highest BCUT2D eigenvalue weighted by Crippen LogP contribution is 2.30. The summed E-state index contributed by atoms with van der Waals surface area (Å²) in [5, 5.41) is 3.45. The van der Waals surface area contributed by atoms with E-state index in [1.165, 1.54) is 61.3 Å². The molecule has 0 saturated carbocycles. The van der Waals surface area contributed by atoms with Crippen LogP contribution in [0.2, 0.25) is 0 Å². The molecule has 1 fully saturated rings. The summed E-state index contributed by atoms with van der Waals surface area (Å²) in [5.74, 6) is 0.842. The summed E-state index contributed by atoms with van der Waals surface area (Å²) in [4.78, 5) is 2.57. The van der Waals surface area contributed by atoms with E-state index in [0.29, 0.717) is 0 Å². The lowest BCUT2D eigenvalue weighted by atomic mass is 9.90. The predicted octanol–water partition coefficient (Wildman–Crippen LogP) is 4.11. The molecule has 0 aliphatic carbocycles. The number of fused-ring (bicyclic) bond motifs is 1. The third-order valence-electron chi connectivity index (χ3n) is 5.15. The Morgan fingerprint density at radius 2 is 1.82 bits per heavy atom. The molecule has 0 radical (unpaired) electrons. The third-order valence-corrected chi connectivity index (χ3v) is 5.15. The van der Waals surface area contributed by atoms with Gasteiger partial charge in [0.2, 0.25) is 0 Å². The Balaban J connectivity index is 1.37. The van der Waals surface area contributed by atoms with Crippen LogP contribution in [-0.4, -0.2) is 19.6 Å². The number of benzene rings is 2. The normalized spacial score (nSPS) is 18.1. The number of nitrogens with zero attached hydrogens (tertiary/aromatic N) is 1. The van der Waals surface area contributed by atoms with E-state index in [0.717, 1.165) is 12.5 Å². The molecule has 1 N–H and O–H groups in total. The minimum absolute atomic E-state index is 0.842. The predicted molar refractivity (Wildman–Crippen MR) is 93.7 cm³/mol. The maximum absolute atomic E-state index is 3.45. The van der Waals surface area contributed by atoms with Gasteiger partial charge in [-0.2, -0.15) is 0 Å².